The van der Waals surface area contributed by atoms with Crippen molar-refractivity contribution in [1.82, 2.24) is 4.90 Å². The first kappa shape index (κ1) is 12.2. The van der Waals surface area contributed by atoms with Gasteiger partial charge in [-0.2, -0.15) is 0 Å². The van der Waals surface area contributed by atoms with Gasteiger partial charge >= 0.3 is 5.97 Å². The van der Waals surface area contributed by atoms with Gasteiger partial charge in [-0.15, -0.1) is 0 Å². The molecular formula is C14H16BrNO2. The number of fused-ring (bicyclic) bond motifs is 2. The largest absolute Gasteiger partial charge is 0.481 e. The average molecular weight is 310 g/mol. The van der Waals surface area contributed by atoms with E-state index in [1.165, 1.54) is 5.56 Å². The molecule has 1 saturated heterocycles. The molecular weight excluding hydrogens is 294 g/mol. The topological polar surface area (TPSA) is 40.5 Å². The van der Waals surface area contributed by atoms with Crippen LogP contribution < -0.4 is 0 Å². The third kappa shape index (κ3) is 1.97. The maximum atomic E-state index is 11.3. The monoisotopic (exact) mass is 309 g/mol. The van der Waals surface area contributed by atoms with Gasteiger partial charge in [-0.3, -0.25) is 9.69 Å². The highest BCUT2D eigenvalue weighted by atomic mass is 79.9. The molecule has 18 heavy (non-hydrogen) atoms. The van der Waals surface area contributed by atoms with E-state index >= 15 is 0 Å². The molecule has 3 nitrogen and oxygen atoms in total. The fourth-order valence-corrected chi connectivity index (χ4v) is 4.47. The van der Waals surface area contributed by atoms with Crippen LogP contribution in [0.2, 0.25) is 0 Å². The van der Waals surface area contributed by atoms with E-state index in [-0.39, 0.29) is 12.0 Å². The van der Waals surface area contributed by atoms with Crippen LogP contribution in [0.1, 0.15) is 12.0 Å². The first-order chi connectivity index (χ1) is 8.66. The summed E-state index contributed by atoms with van der Waals surface area (Å²) >= 11 is 3.69. The number of likely N-dealkylation sites (tertiary alicyclic amines) is 1. The number of hydrogen-bond acceptors (Lipinski definition) is 2. The summed E-state index contributed by atoms with van der Waals surface area (Å²) in [5, 5.41) is 9.29. The first-order valence-corrected chi connectivity index (χ1v) is 7.23. The van der Waals surface area contributed by atoms with Crippen LogP contribution in [0.25, 0.3) is 0 Å². The van der Waals surface area contributed by atoms with Crippen molar-refractivity contribution in [1.29, 1.82) is 0 Å². The van der Waals surface area contributed by atoms with Crippen LogP contribution in [0.4, 0.5) is 0 Å². The van der Waals surface area contributed by atoms with Crippen molar-refractivity contribution in [3.05, 3.63) is 35.9 Å². The third-order valence-corrected chi connectivity index (χ3v) is 5.47. The summed E-state index contributed by atoms with van der Waals surface area (Å²) in [6.07, 6.45) is 0.821. The molecule has 1 heterocycles. The summed E-state index contributed by atoms with van der Waals surface area (Å²) in [5.74, 6) is -0.374. The third-order valence-electron chi connectivity index (χ3n) is 4.18. The predicted molar refractivity (Wildman–Crippen MR) is 72.6 cm³/mol. The molecule has 2 fully saturated rings. The molecule has 4 atom stereocenters. The highest BCUT2D eigenvalue weighted by molar-refractivity contribution is 9.09. The highest BCUT2D eigenvalue weighted by Gasteiger charge is 2.53. The lowest BCUT2D eigenvalue weighted by Crippen LogP contribution is -2.42. The molecule has 0 spiro atoms. The van der Waals surface area contributed by atoms with E-state index in [1.54, 1.807) is 0 Å². The molecule has 2 aliphatic rings. The highest BCUT2D eigenvalue weighted by Crippen LogP contribution is 2.46. The van der Waals surface area contributed by atoms with Gasteiger partial charge in [0.2, 0.25) is 0 Å². The SMILES string of the molecule is O=C(O)C1C[C@@H]2CN(Cc3ccccc3)[C@H]1C2Br. The van der Waals surface area contributed by atoms with Crippen LogP contribution in [0, 0.1) is 11.8 Å². The number of carbonyl (C=O) groups is 1. The molecule has 0 amide bonds. The van der Waals surface area contributed by atoms with Crippen molar-refractivity contribution in [2.75, 3.05) is 6.54 Å². The smallest absolute Gasteiger partial charge is 0.308 e. The Morgan fingerprint density at radius 2 is 2.11 bits per heavy atom. The van der Waals surface area contributed by atoms with Crippen LogP contribution in [0.3, 0.4) is 0 Å². The number of benzene rings is 1. The number of rotatable bonds is 3. The molecule has 1 aliphatic heterocycles. The Labute approximate surface area is 115 Å². The van der Waals surface area contributed by atoms with Crippen molar-refractivity contribution in [2.24, 2.45) is 11.8 Å². The Bertz CT molecular complexity index is 450. The summed E-state index contributed by atoms with van der Waals surface area (Å²) in [5.41, 5.74) is 1.26. The Hall–Kier alpha value is -0.870. The normalized spacial score (nSPS) is 34.9. The lowest BCUT2D eigenvalue weighted by Gasteiger charge is -2.31. The van der Waals surface area contributed by atoms with Gasteiger partial charge in [-0.25, -0.2) is 0 Å². The molecule has 1 aliphatic carbocycles. The number of hydrogen-bond donors (Lipinski definition) is 1. The minimum absolute atomic E-state index is 0.146. The van der Waals surface area contributed by atoms with Crippen molar-refractivity contribution >= 4 is 21.9 Å². The molecule has 1 N–H and O–H groups in total. The number of carboxylic acid groups (broad SMARTS) is 1. The van der Waals surface area contributed by atoms with Crippen molar-refractivity contribution in [3.8, 4) is 0 Å². The van der Waals surface area contributed by atoms with E-state index in [4.69, 9.17) is 0 Å². The second kappa shape index (κ2) is 4.67. The van der Waals surface area contributed by atoms with Crippen LogP contribution >= 0.6 is 15.9 Å². The zero-order valence-electron chi connectivity index (χ0n) is 10.00. The molecule has 3 rings (SSSR count). The van der Waals surface area contributed by atoms with Crippen LogP contribution in [-0.4, -0.2) is 33.4 Å². The lowest BCUT2D eigenvalue weighted by molar-refractivity contribution is -0.144. The summed E-state index contributed by atoms with van der Waals surface area (Å²) in [6, 6.07) is 10.4. The standard InChI is InChI=1S/C14H16BrNO2/c15-12-10-6-11(14(17)18)13(12)16(8-10)7-9-4-2-1-3-5-9/h1-5,10-13H,6-8H2,(H,17,18)/t10-,11?,12?,13-/m1/s1. The van der Waals surface area contributed by atoms with E-state index < -0.39 is 5.97 Å². The van der Waals surface area contributed by atoms with Gasteiger partial charge in [-0.1, -0.05) is 46.3 Å². The van der Waals surface area contributed by atoms with Crippen molar-refractivity contribution < 1.29 is 9.90 Å². The number of halogens is 1. The van der Waals surface area contributed by atoms with Crippen LogP contribution in [-0.2, 0) is 11.3 Å². The van der Waals surface area contributed by atoms with Gasteiger partial charge in [0.25, 0.3) is 0 Å². The average Bonchev–Trinajstić information content (AvgIpc) is 2.83. The van der Waals surface area contributed by atoms with E-state index in [1.807, 2.05) is 18.2 Å². The molecule has 2 unspecified atom stereocenters. The Balaban J connectivity index is 1.77. The Morgan fingerprint density at radius 1 is 1.39 bits per heavy atom. The molecule has 1 saturated carbocycles. The summed E-state index contributed by atoms with van der Waals surface area (Å²) in [4.78, 5) is 13.9. The zero-order valence-corrected chi connectivity index (χ0v) is 11.6. The number of alkyl halides is 1. The molecule has 1 aromatic carbocycles. The second-order valence-corrected chi connectivity index (χ2v) is 6.35. The van der Waals surface area contributed by atoms with Gasteiger partial charge in [0.05, 0.1) is 5.92 Å². The molecule has 96 valence electrons. The van der Waals surface area contributed by atoms with Gasteiger partial charge in [-0.05, 0) is 17.9 Å². The molecule has 0 radical (unpaired) electrons. The van der Waals surface area contributed by atoms with Crippen LogP contribution in [0.5, 0.6) is 0 Å². The lowest BCUT2D eigenvalue weighted by atomic mass is 9.98. The van der Waals surface area contributed by atoms with E-state index in [0.717, 1.165) is 19.5 Å². The first-order valence-electron chi connectivity index (χ1n) is 6.31. The van der Waals surface area contributed by atoms with E-state index in [2.05, 4.69) is 33.0 Å². The minimum atomic E-state index is -0.648. The number of piperidine rings is 1. The van der Waals surface area contributed by atoms with Gasteiger partial charge < -0.3 is 5.11 Å². The number of carboxylic acids is 1. The van der Waals surface area contributed by atoms with Crippen molar-refractivity contribution in [2.45, 2.75) is 23.8 Å². The van der Waals surface area contributed by atoms with E-state index in [9.17, 15) is 9.90 Å². The number of nitrogens with zero attached hydrogens (tertiary/aromatic N) is 1. The fourth-order valence-electron chi connectivity index (χ4n) is 3.39. The predicted octanol–water partition coefficient (Wildman–Crippen LogP) is 2.36. The zero-order chi connectivity index (χ0) is 12.7. The van der Waals surface area contributed by atoms with Crippen molar-refractivity contribution in [3.63, 3.8) is 0 Å². The summed E-state index contributed by atoms with van der Waals surface area (Å²) in [6.45, 7) is 1.87. The van der Waals surface area contributed by atoms with E-state index in [0.29, 0.717) is 10.7 Å². The molecule has 4 heteroatoms. The van der Waals surface area contributed by atoms with Crippen LogP contribution in [0.15, 0.2) is 30.3 Å². The van der Waals surface area contributed by atoms with Gasteiger partial charge in [0.15, 0.2) is 0 Å². The maximum Gasteiger partial charge on any atom is 0.308 e. The number of aliphatic carboxylic acids is 1. The summed E-state index contributed by atoms with van der Waals surface area (Å²) in [7, 11) is 0. The Morgan fingerprint density at radius 3 is 2.72 bits per heavy atom. The Kier molecular flexibility index (Phi) is 3.16. The molecule has 0 aromatic heterocycles. The molecule has 1 aromatic rings. The minimum Gasteiger partial charge on any atom is -0.481 e. The van der Waals surface area contributed by atoms with Gasteiger partial charge in [0.1, 0.15) is 0 Å². The van der Waals surface area contributed by atoms with Gasteiger partial charge in [0, 0.05) is 24.0 Å². The second-order valence-electron chi connectivity index (χ2n) is 5.29. The summed E-state index contributed by atoms with van der Waals surface area (Å²) < 4.78 is 0. The molecule has 2 bridgehead atoms. The quantitative estimate of drug-likeness (QED) is 0.871. The maximum absolute atomic E-state index is 11.3. The fraction of sp³-hybridized carbons (Fsp3) is 0.500.